The molecule has 1 saturated carbocycles. The van der Waals surface area contributed by atoms with Crippen LogP contribution in [0.25, 0.3) is 0 Å². The fourth-order valence-corrected chi connectivity index (χ4v) is 3.49. The molecule has 22 heavy (non-hydrogen) atoms. The van der Waals surface area contributed by atoms with Gasteiger partial charge in [-0.3, -0.25) is 4.90 Å². The van der Waals surface area contributed by atoms with Crippen molar-refractivity contribution in [3.8, 4) is 0 Å². The Hall–Kier alpha value is -1.04. The van der Waals surface area contributed by atoms with E-state index in [0.717, 1.165) is 25.0 Å². The van der Waals surface area contributed by atoms with E-state index in [9.17, 15) is 9.00 Å². The molecule has 1 amide bonds. The molecule has 0 aromatic carbocycles. The van der Waals surface area contributed by atoms with Crippen LogP contribution in [-0.2, 0) is 15.7 Å². The lowest BCUT2D eigenvalue weighted by atomic mass is 10.1. The van der Waals surface area contributed by atoms with Crippen molar-refractivity contribution in [1.29, 1.82) is 0 Å². The van der Waals surface area contributed by atoms with Crippen LogP contribution in [-0.4, -0.2) is 31.6 Å². The molecule has 3 unspecified atom stereocenters. The zero-order valence-electron chi connectivity index (χ0n) is 14.4. The van der Waals surface area contributed by atoms with Crippen molar-refractivity contribution in [1.82, 2.24) is 9.62 Å². The lowest BCUT2D eigenvalue weighted by Crippen LogP contribution is -2.41. The maximum Gasteiger partial charge on any atom is 0.414 e. The molecule has 2 rings (SSSR count). The van der Waals surface area contributed by atoms with Gasteiger partial charge in [0.15, 0.2) is 0 Å². The zero-order valence-corrected chi connectivity index (χ0v) is 15.3. The highest BCUT2D eigenvalue weighted by Gasteiger charge is 2.46. The number of rotatable bonds is 2. The van der Waals surface area contributed by atoms with Gasteiger partial charge in [-0.1, -0.05) is 0 Å². The van der Waals surface area contributed by atoms with Crippen LogP contribution in [0.3, 0.4) is 0 Å². The molecule has 1 saturated heterocycles. The first-order valence-electron chi connectivity index (χ1n) is 7.89. The third-order valence-electron chi connectivity index (χ3n) is 3.93. The average Bonchev–Trinajstić information content (AvgIpc) is 2.92. The molecule has 2 bridgehead atoms. The molecule has 0 radical (unpaired) electrons. The van der Waals surface area contributed by atoms with Gasteiger partial charge in [0.2, 0.25) is 0 Å². The fraction of sp³-hybridized carbons (Fsp3) is 0.812. The summed E-state index contributed by atoms with van der Waals surface area (Å²) in [7, 11) is -1.19. The number of hydrogen-bond donors (Lipinski definition) is 1. The Morgan fingerprint density at radius 1 is 1.27 bits per heavy atom. The molecule has 5 nitrogen and oxygen atoms in total. The van der Waals surface area contributed by atoms with Gasteiger partial charge in [-0.2, -0.15) is 0 Å². The minimum absolute atomic E-state index is 0.218. The number of hydrogen-bond acceptors (Lipinski definition) is 3. The van der Waals surface area contributed by atoms with Gasteiger partial charge < -0.3 is 9.46 Å². The van der Waals surface area contributed by atoms with Crippen molar-refractivity contribution in [3.05, 3.63) is 11.9 Å². The highest BCUT2D eigenvalue weighted by atomic mass is 32.2. The number of fused-ring (bicyclic) bond motifs is 2. The smallest absolute Gasteiger partial charge is 0.414 e. The summed E-state index contributed by atoms with van der Waals surface area (Å²) in [5, 5.41) is 0. The lowest BCUT2D eigenvalue weighted by molar-refractivity contribution is 0.0258. The normalized spacial score (nSPS) is 28.1. The summed E-state index contributed by atoms with van der Waals surface area (Å²) in [4.78, 5) is 14.2. The molecule has 1 aliphatic heterocycles. The number of ether oxygens (including phenoxy) is 1. The topological polar surface area (TPSA) is 58.6 Å². The summed E-state index contributed by atoms with van der Waals surface area (Å²) < 4.78 is 20.3. The second-order valence-corrected chi connectivity index (χ2v) is 10.1. The summed E-state index contributed by atoms with van der Waals surface area (Å²) >= 11 is 0. The molecule has 2 fully saturated rings. The molecule has 1 N–H and O–H groups in total. The van der Waals surface area contributed by atoms with Crippen LogP contribution < -0.4 is 4.72 Å². The van der Waals surface area contributed by atoms with Crippen LogP contribution in [0.5, 0.6) is 0 Å². The number of nitrogens with zero attached hydrogens (tertiary/aromatic N) is 1. The molecule has 0 aromatic rings. The van der Waals surface area contributed by atoms with E-state index in [1.54, 1.807) is 11.1 Å². The Morgan fingerprint density at radius 2 is 1.91 bits per heavy atom. The molecule has 3 atom stereocenters. The minimum Gasteiger partial charge on any atom is -0.443 e. The molecule has 1 heterocycles. The number of likely N-dealkylation sites (tertiary alicyclic amines) is 1. The molecule has 126 valence electrons. The SMILES string of the molecule is CC(C)(C)OC(=O)N1/C(=C/NS(=O)C(C)(C)C)C2CCC1C2. The van der Waals surface area contributed by atoms with Crippen LogP contribution in [0.2, 0.25) is 0 Å². The Labute approximate surface area is 136 Å². The fourth-order valence-electron chi connectivity index (χ4n) is 2.91. The van der Waals surface area contributed by atoms with E-state index in [0.29, 0.717) is 5.92 Å². The first kappa shape index (κ1) is 17.3. The Balaban J connectivity index is 2.14. The Bertz CT molecular complexity index is 503. The third-order valence-corrected chi connectivity index (χ3v) is 5.37. The monoisotopic (exact) mass is 328 g/mol. The molecule has 6 heteroatoms. The van der Waals surface area contributed by atoms with Gasteiger partial charge in [0.25, 0.3) is 0 Å². The van der Waals surface area contributed by atoms with Crippen LogP contribution in [0.4, 0.5) is 4.79 Å². The molecule has 0 aromatic heterocycles. The van der Waals surface area contributed by atoms with E-state index in [-0.39, 0.29) is 16.9 Å². The number of carbonyl (C=O) groups is 1. The van der Waals surface area contributed by atoms with Gasteiger partial charge in [0, 0.05) is 23.9 Å². The van der Waals surface area contributed by atoms with E-state index in [2.05, 4.69) is 4.72 Å². The van der Waals surface area contributed by atoms with Gasteiger partial charge in [0.1, 0.15) is 16.6 Å². The first-order chi connectivity index (χ1) is 9.99. The lowest BCUT2D eigenvalue weighted by Gasteiger charge is -2.32. The quantitative estimate of drug-likeness (QED) is 0.846. The highest BCUT2D eigenvalue weighted by Crippen LogP contribution is 2.45. The van der Waals surface area contributed by atoms with E-state index in [1.807, 2.05) is 41.5 Å². The molecule has 0 spiro atoms. The van der Waals surface area contributed by atoms with Crippen molar-refractivity contribution in [3.63, 3.8) is 0 Å². The van der Waals surface area contributed by atoms with Crippen LogP contribution in [0.1, 0.15) is 60.8 Å². The van der Waals surface area contributed by atoms with Crippen molar-refractivity contribution >= 4 is 17.1 Å². The maximum atomic E-state index is 12.5. The summed E-state index contributed by atoms with van der Waals surface area (Å²) in [6.45, 7) is 11.4. The van der Waals surface area contributed by atoms with Gasteiger partial charge in [-0.15, -0.1) is 0 Å². The first-order valence-corrected chi connectivity index (χ1v) is 9.04. The number of allylic oxidation sites excluding steroid dienone is 1. The van der Waals surface area contributed by atoms with Crippen LogP contribution >= 0.6 is 0 Å². The summed E-state index contributed by atoms with van der Waals surface area (Å²) in [6, 6.07) is 0.218. The van der Waals surface area contributed by atoms with Gasteiger partial charge in [0.05, 0.1) is 4.75 Å². The predicted octanol–water partition coefficient (Wildman–Crippen LogP) is 3.30. The second kappa shape index (κ2) is 5.87. The number of piperidine rings is 1. The van der Waals surface area contributed by atoms with Gasteiger partial charge in [-0.25, -0.2) is 9.00 Å². The zero-order chi connectivity index (χ0) is 16.7. The third kappa shape index (κ3) is 3.83. The van der Waals surface area contributed by atoms with Crippen LogP contribution in [0, 0.1) is 5.92 Å². The largest absolute Gasteiger partial charge is 0.443 e. The number of nitrogens with one attached hydrogen (secondary N) is 1. The van der Waals surface area contributed by atoms with E-state index in [4.69, 9.17) is 4.74 Å². The van der Waals surface area contributed by atoms with Gasteiger partial charge in [-0.05, 0) is 60.8 Å². The Morgan fingerprint density at radius 3 is 2.45 bits per heavy atom. The molecular formula is C16H28N2O3S. The Kier molecular flexibility index (Phi) is 4.62. The van der Waals surface area contributed by atoms with Crippen molar-refractivity contribution in [2.75, 3.05) is 0 Å². The van der Waals surface area contributed by atoms with E-state index >= 15 is 0 Å². The number of amides is 1. The molecular weight excluding hydrogens is 300 g/mol. The van der Waals surface area contributed by atoms with Gasteiger partial charge >= 0.3 is 6.09 Å². The standard InChI is InChI=1S/C16H28N2O3S/c1-15(2,3)21-14(19)18-12-8-7-11(9-12)13(18)10-17-22(20)16(4,5)6/h10-12,17H,7-9H2,1-6H3/b13-10+. The van der Waals surface area contributed by atoms with Crippen LogP contribution in [0.15, 0.2) is 11.9 Å². The summed E-state index contributed by atoms with van der Waals surface area (Å²) in [5.41, 5.74) is 0.411. The highest BCUT2D eigenvalue weighted by molar-refractivity contribution is 7.84. The number of carbonyl (C=O) groups excluding carboxylic acids is 1. The summed E-state index contributed by atoms with van der Waals surface area (Å²) in [5.74, 6) is 0.363. The summed E-state index contributed by atoms with van der Waals surface area (Å²) in [6.07, 6.45) is 4.54. The van der Waals surface area contributed by atoms with E-state index < -0.39 is 16.6 Å². The van der Waals surface area contributed by atoms with Crippen molar-refractivity contribution in [2.45, 2.75) is 77.2 Å². The van der Waals surface area contributed by atoms with Crippen molar-refractivity contribution < 1.29 is 13.7 Å². The maximum absolute atomic E-state index is 12.5. The predicted molar refractivity (Wildman–Crippen MR) is 88.3 cm³/mol. The minimum atomic E-state index is -1.19. The molecule has 1 aliphatic carbocycles. The second-order valence-electron chi connectivity index (χ2n) is 8.08. The average molecular weight is 328 g/mol. The van der Waals surface area contributed by atoms with E-state index in [1.165, 1.54) is 0 Å². The van der Waals surface area contributed by atoms with Crippen molar-refractivity contribution in [2.24, 2.45) is 5.92 Å². The molecule has 2 aliphatic rings.